The van der Waals surface area contributed by atoms with Gasteiger partial charge < -0.3 is 9.73 Å². The summed E-state index contributed by atoms with van der Waals surface area (Å²) in [5.74, 6) is 1.15. The third kappa shape index (κ3) is 3.00. The molecule has 1 amide bonds. The Balaban J connectivity index is 1.96. The maximum atomic E-state index is 11.9. The second kappa shape index (κ2) is 5.54. The van der Waals surface area contributed by atoms with Gasteiger partial charge in [-0.15, -0.1) is 0 Å². The standard InChI is InChI=1S/C15H17NO2/c1-11(2)12-5-7-13(8-6-12)15(17)16-10-14-4-3-9-18-14/h3-9,11H,10H2,1-2H3,(H,16,17). The topological polar surface area (TPSA) is 42.2 Å². The number of carbonyl (C=O) groups is 1. The highest BCUT2D eigenvalue weighted by molar-refractivity contribution is 5.94. The number of hydrogen-bond acceptors (Lipinski definition) is 2. The first-order valence-electron chi connectivity index (χ1n) is 6.07. The fourth-order valence-corrected chi connectivity index (χ4v) is 1.70. The van der Waals surface area contributed by atoms with Crippen LogP contribution < -0.4 is 5.32 Å². The minimum absolute atomic E-state index is 0.0818. The lowest BCUT2D eigenvalue weighted by Crippen LogP contribution is -2.22. The van der Waals surface area contributed by atoms with Crippen LogP contribution in [0.4, 0.5) is 0 Å². The quantitative estimate of drug-likeness (QED) is 0.895. The number of rotatable bonds is 4. The molecule has 1 N–H and O–H groups in total. The van der Waals surface area contributed by atoms with Crippen molar-refractivity contribution in [3.63, 3.8) is 0 Å². The van der Waals surface area contributed by atoms with E-state index in [1.54, 1.807) is 12.3 Å². The van der Waals surface area contributed by atoms with Crippen LogP contribution in [-0.4, -0.2) is 5.91 Å². The van der Waals surface area contributed by atoms with Gasteiger partial charge in [0, 0.05) is 5.56 Å². The lowest BCUT2D eigenvalue weighted by molar-refractivity contribution is 0.0948. The Labute approximate surface area is 107 Å². The van der Waals surface area contributed by atoms with Crippen molar-refractivity contribution in [1.82, 2.24) is 5.32 Å². The highest BCUT2D eigenvalue weighted by atomic mass is 16.3. The minimum atomic E-state index is -0.0818. The van der Waals surface area contributed by atoms with E-state index in [0.717, 1.165) is 5.76 Å². The summed E-state index contributed by atoms with van der Waals surface area (Å²) < 4.78 is 5.16. The smallest absolute Gasteiger partial charge is 0.251 e. The Morgan fingerprint density at radius 2 is 1.94 bits per heavy atom. The predicted molar refractivity (Wildman–Crippen MR) is 70.4 cm³/mol. The SMILES string of the molecule is CC(C)c1ccc(C(=O)NCc2ccco2)cc1. The Morgan fingerprint density at radius 1 is 1.22 bits per heavy atom. The number of amides is 1. The zero-order valence-corrected chi connectivity index (χ0v) is 10.6. The molecule has 0 aliphatic carbocycles. The molecule has 0 fully saturated rings. The lowest BCUT2D eigenvalue weighted by Gasteiger charge is -2.07. The van der Waals surface area contributed by atoms with Gasteiger partial charge in [0.15, 0.2) is 0 Å². The molecule has 0 unspecified atom stereocenters. The minimum Gasteiger partial charge on any atom is -0.467 e. The van der Waals surface area contributed by atoms with Gasteiger partial charge in [0.2, 0.25) is 0 Å². The third-order valence-electron chi connectivity index (χ3n) is 2.84. The van der Waals surface area contributed by atoms with Gasteiger partial charge in [-0.2, -0.15) is 0 Å². The van der Waals surface area contributed by atoms with Crippen molar-refractivity contribution in [1.29, 1.82) is 0 Å². The molecule has 2 rings (SSSR count). The maximum absolute atomic E-state index is 11.9. The van der Waals surface area contributed by atoms with Crippen molar-refractivity contribution in [2.24, 2.45) is 0 Å². The molecule has 0 bridgehead atoms. The molecule has 1 aromatic carbocycles. The highest BCUT2D eigenvalue weighted by Gasteiger charge is 2.06. The molecule has 1 heterocycles. The molecule has 0 saturated heterocycles. The number of furan rings is 1. The number of carbonyl (C=O) groups excluding carboxylic acids is 1. The monoisotopic (exact) mass is 243 g/mol. The molecule has 0 aliphatic rings. The van der Waals surface area contributed by atoms with Crippen LogP contribution >= 0.6 is 0 Å². The summed E-state index contributed by atoms with van der Waals surface area (Å²) in [5, 5.41) is 2.82. The van der Waals surface area contributed by atoms with E-state index < -0.39 is 0 Å². The van der Waals surface area contributed by atoms with Crippen molar-refractivity contribution in [3.8, 4) is 0 Å². The first-order valence-corrected chi connectivity index (χ1v) is 6.07. The van der Waals surface area contributed by atoms with Crippen molar-refractivity contribution >= 4 is 5.91 Å². The van der Waals surface area contributed by atoms with Gasteiger partial charge in [-0.25, -0.2) is 0 Å². The average Bonchev–Trinajstić information content (AvgIpc) is 2.89. The molecular formula is C15H17NO2. The van der Waals surface area contributed by atoms with Gasteiger partial charge in [0.25, 0.3) is 5.91 Å². The van der Waals surface area contributed by atoms with E-state index in [9.17, 15) is 4.79 Å². The van der Waals surface area contributed by atoms with Crippen molar-refractivity contribution in [2.75, 3.05) is 0 Å². The van der Waals surface area contributed by atoms with E-state index in [1.807, 2.05) is 30.3 Å². The largest absolute Gasteiger partial charge is 0.467 e. The van der Waals surface area contributed by atoms with E-state index >= 15 is 0 Å². The predicted octanol–water partition coefficient (Wildman–Crippen LogP) is 3.33. The highest BCUT2D eigenvalue weighted by Crippen LogP contribution is 2.14. The molecule has 0 aliphatic heterocycles. The van der Waals surface area contributed by atoms with Crippen LogP contribution in [0.1, 0.15) is 41.4 Å². The van der Waals surface area contributed by atoms with Gasteiger partial charge in [-0.3, -0.25) is 4.79 Å². The Bertz CT molecular complexity index is 498. The molecule has 94 valence electrons. The second-order valence-corrected chi connectivity index (χ2v) is 4.54. The fourth-order valence-electron chi connectivity index (χ4n) is 1.70. The number of hydrogen-bond donors (Lipinski definition) is 1. The molecule has 0 atom stereocenters. The summed E-state index contributed by atoms with van der Waals surface area (Å²) in [6.45, 7) is 4.68. The van der Waals surface area contributed by atoms with Crippen molar-refractivity contribution in [3.05, 3.63) is 59.5 Å². The number of nitrogens with one attached hydrogen (secondary N) is 1. The molecule has 0 spiro atoms. The summed E-state index contributed by atoms with van der Waals surface area (Å²) in [6.07, 6.45) is 1.60. The van der Waals surface area contributed by atoms with Gasteiger partial charge in [-0.1, -0.05) is 26.0 Å². The van der Waals surface area contributed by atoms with Crippen molar-refractivity contribution in [2.45, 2.75) is 26.3 Å². The Morgan fingerprint density at radius 3 is 2.50 bits per heavy atom. The van der Waals surface area contributed by atoms with E-state index in [-0.39, 0.29) is 5.91 Å². The summed E-state index contributed by atoms with van der Waals surface area (Å²) >= 11 is 0. The molecule has 2 aromatic rings. The third-order valence-corrected chi connectivity index (χ3v) is 2.84. The van der Waals surface area contributed by atoms with Crippen LogP contribution in [0.3, 0.4) is 0 Å². The van der Waals surface area contributed by atoms with E-state index in [2.05, 4.69) is 19.2 Å². The molecule has 0 saturated carbocycles. The van der Waals surface area contributed by atoms with Crippen LogP contribution in [-0.2, 0) is 6.54 Å². The zero-order valence-electron chi connectivity index (χ0n) is 10.6. The van der Waals surface area contributed by atoms with Gasteiger partial charge in [-0.05, 0) is 35.7 Å². The lowest BCUT2D eigenvalue weighted by atomic mass is 10.0. The molecule has 0 radical (unpaired) electrons. The van der Waals surface area contributed by atoms with Crippen LogP contribution in [0.5, 0.6) is 0 Å². The normalized spacial score (nSPS) is 10.6. The Kier molecular flexibility index (Phi) is 3.82. The fraction of sp³-hybridized carbons (Fsp3) is 0.267. The molecule has 3 nitrogen and oxygen atoms in total. The average molecular weight is 243 g/mol. The Hall–Kier alpha value is -2.03. The first kappa shape index (κ1) is 12.4. The summed E-state index contributed by atoms with van der Waals surface area (Å²) in [6, 6.07) is 11.3. The summed E-state index contributed by atoms with van der Waals surface area (Å²) in [7, 11) is 0. The molecule has 1 aromatic heterocycles. The maximum Gasteiger partial charge on any atom is 0.251 e. The molecule has 18 heavy (non-hydrogen) atoms. The van der Waals surface area contributed by atoms with Crippen LogP contribution in [0.2, 0.25) is 0 Å². The van der Waals surface area contributed by atoms with Gasteiger partial charge >= 0.3 is 0 Å². The van der Waals surface area contributed by atoms with E-state index in [0.29, 0.717) is 18.0 Å². The van der Waals surface area contributed by atoms with Crippen LogP contribution in [0.25, 0.3) is 0 Å². The summed E-state index contributed by atoms with van der Waals surface area (Å²) in [5.41, 5.74) is 1.91. The van der Waals surface area contributed by atoms with Crippen LogP contribution in [0, 0.1) is 0 Å². The van der Waals surface area contributed by atoms with Gasteiger partial charge in [0.1, 0.15) is 5.76 Å². The number of benzene rings is 1. The summed E-state index contributed by atoms with van der Waals surface area (Å²) in [4.78, 5) is 11.9. The second-order valence-electron chi connectivity index (χ2n) is 4.54. The van der Waals surface area contributed by atoms with Gasteiger partial charge in [0.05, 0.1) is 12.8 Å². The molecular weight excluding hydrogens is 226 g/mol. The molecule has 3 heteroatoms. The van der Waals surface area contributed by atoms with E-state index in [1.165, 1.54) is 5.56 Å². The zero-order chi connectivity index (χ0) is 13.0. The van der Waals surface area contributed by atoms with E-state index in [4.69, 9.17) is 4.42 Å². The van der Waals surface area contributed by atoms with Crippen molar-refractivity contribution < 1.29 is 9.21 Å². The van der Waals surface area contributed by atoms with Crippen LogP contribution in [0.15, 0.2) is 47.1 Å². The first-order chi connectivity index (χ1) is 8.66.